The molecular weight excluding hydrogens is 358 g/mol. The largest absolute Gasteiger partial charge is 0.484 e. The van der Waals surface area contributed by atoms with Crippen molar-refractivity contribution in [2.75, 3.05) is 13.2 Å². The number of nitrogens with one attached hydrogen (secondary N) is 3. The quantitative estimate of drug-likeness (QED) is 0.664. The van der Waals surface area contributed by atoms with Crippen molar-refractivity contribution in [1.29, 1.82) is 0 Å². The smallest absolute Gasteiger partial charge is 0.276 e. The lowest BCUT2D eigenvalue weighted by Gasteiger charge is -2.10. The zero-order valence-electron chi connectivity index (χ0n) is 16.5. The molecule has 28 heavy (non-hydrogen) atoms. The van der Waals surface area contributed by atoms with Gasteiger partial charge in [0.15, 0.2) is 6.61 Å². The summed E-state index contributed by atoms with van der Waals surface area (Å²) in [4.78, 5) is 35.7. The van der Waals surface area contributed by atoms with Gasteiger partial charge >= 0.3 is 0 Å². The van der Waals surface area contributed by atoms with Gasteiger partial charge in [-0.25, -0.2) is 0 Å². The molecule has 0 bridgehead atoms. The molecule has 2 aromatic carbocycles. The molecule has 3 N–H and O–H groups in total. The Bertz CT molecular complexity index is 873. The summed E-state index contributed by atoms with van der Waals surface area (Å²) in [5.41, 5.74) is 9.08. The molecular formula is C21H25N3O4. The molecule has 2 aromatic rings. The summed E-state index contributed by atoms with van der Waals surface area (Å²) in [6.07, 6.45) is 0. The second kappa shape index (κ2) is 9.55. The lowest BCUT2D eigenvalue weighted by molar-refractivity contribution is -0.129. The molecule has 0 fully saturated rings. The van der Waals surface area contributed by atoms with E-state index in [0.29, 0.717) is 11.3 Å². The van der Waals surface area contributed by atoms with E-state index in [9.17, 15) is 14.4 Å². The molecule has 0 unspecified atom stereocenters. The highest BCUT2D eigenvalue weighted by Crippen LogP contribution is 2.16. The van der Waals surface area contributed by atoms with Gasteiger partial charge in [0.2, 0.25) is 0 Å². The Morgan fingerprint density at radius 1 is 0.821 bits per heavy atom. The minimum absolute atomic E-state index is 0.238. The van der Waals surface area contributed by atoms with Crippen LogP contribution in [0.2, 0.25) is 0 Å². The lowest BCUT2D eigenvalue weighted by atomic mass is 10.1. The fourth-order valence-corrected chi connectivity index (χ4v) is 2.54. The van der Waals surface area contributed by atoms with Gasteiger partial charge in [0.05, 0.1) is 6.54 Å². The molecule has 0 aliphatic rings. The number of amides is 3. The van der Waals surface area contributed by atoms with Crippen molar-refractivity contribution in [1.82, 2.24) is 16.2 Å². The monoisotopic (exact) mass is 383 g/mol. The van der Waals surface area contributed by atoms with E-state index in [1.165, 1.54) is 0 Å². The molecule has 3 amide bonds. The molecule has 0 radical (unpaired) electrons. The van der Waals surface area contributed by atoms with Crippen LogP contribution in [0.5, 0.6) is 5.75 Å². The normalized spacial score (nSPS) is 10.1. The van der Waals surface area contributed by atoms with E-state index in [0.717, 1.165) is 22.3 Å². The molecule has 0 aliphatic heterocycles. The van der Waals surface area contributed by atoms with E-state index in [1.54, 1.807) is 18.2 Å². The Morgan fingerprint density at radius 3 is 2.11 bits per heavy atom. The molecule has 7 nitrogen and oxygen atoms in total. The zero-order valence-corrected chi connectivity index (χ0v) is 16.5. The topological polar surface area (TPSA) is 96.5 Å². The van der Waals surface area contributed by atoms with Gasteiger partial charge in [-0.15, -0.1) is 0 Å². The van der Waals surface area contributed by atoms with Gasteiger partial charge in [0.25, 0.3) is 17.7 Å². The first-order chi connectivity index (χ1) is 13.2. The van der Waals surface area contributed by atoms with Crippen LogP contribution in [-0.4, -0.2) is 30.9 Å². The average molecular weight is 383 g/mol. The average Bonchev–Trinajstić information content (AvgIpc) is 2.64. The second-order valence-electron chi connectivity index (χ2n) is 6.69. The highest BCUT2D eigenvalue weighted by atomic mass is 16.5. The highest BCUT2D eigenvalue weighted by Gasteiger charge is 2.10. The molecule has 0 atom stereocenters. The zero-order chi connectivity index (χ0) is 20.7. The first-order valence-corrected chi connectivity index (χ1v) is 8.89. The molecule has 0 heterocycles. The first-order valence-electron chi connectivity index (χ1n) is 8.89. The molecule has 0 aliphatic carbocycles. The predicted octanol–water partition coefficient (Wildman–Crippen LogP) is 1.88. The number of hydrogen-bond donors (Lipinski definition) is 3. The molecule has 2 rings (SSSR count). The Morgan fingerprint density at radius 2 is 1.46 bits per heavy atom. The molecule has 0 aromatic heterocycles. The number of carbonyl (C=O) groups excluding carboxylic acids is 3. The maximum Gasteiger partial charge on any atom is 0.276 e. The fraction of sp³-hybridized carbons (Fsp3) is 0.286. The van der Waals surface area contributed by atoms with E-state index in [-0.39, 0.29) is 19.1 Å². The fourth-order valence-electron chi connectivity index (χ4n) is 2.54. The summed E-state index contributed by atoms with van der Waals surface area (Å²) >= 11 is 0. The summed E-state index contributed by atoms with van der Waals surface area (Å²) < 4.78 is 5.38. The van der Waals surface area contributed by atoms with Gasteiger partial charge in [0.1, 0.15) is 5.75 Å². The number of rotatable bonds is 6. The number of aryl methyl sites for hydroxylation is 4. The van der Waals surface area contributed by atoms with Crippen molar-refractivity contribution < 1.29 is 19.1 Å². The highest BCUT2D eigenvalue weighted by molar-refractivity contribution is 5.97. The van der Waals surface area contributed by atoms with E-state index in [4.69, 9.17) is 4.74 Å². The van der Waals surface area contributed by atoms with Gasteiger partial charge in [-0.05, 0) is 63.1 Å². The van der Waals surface area contributed by atoms with Crippen molar-refractivity contribution >= 4 is 17.7 Å². The lowest BCUT2D eigenvalue weighted by Crippen LogP contribution is -2.47. The summed E-state index contributed by atoms with van der Waals surface area (Å²) in [5.74, 6) is -0.832. The number of ether oxygens (including phenoxy) is 1. The first kappa shape index (κ1) is 21.0. The van der Waals surface area contributed by atoms with Crippen LogP contribution in [0.3, 0.4) is 0 Å². The van der Waals surface area contributed by atoms with Gasteiger partial charge in [-0.3, -0.25) is 25.2 Å². The van der Waals surface area contributed by atoms with Crippen LogP contribution in [0.15, 0.2) is 36.4 Å². The van der Waals surface area contributed by atoms with Gasteiger partial charge in [0, 0.05) is 5.56 Å². The summed E-state index contributed by atoms with van der Waals surface area (Å²) in [7, 11) is 0. The van der Waals surface area contributed by atoms with Crippen molar-refractivity contribution in [3.05, 3.63) is 64.2 Å². The van der Waals surface area contributed by atoms with Crippen LogP contribution in [-0.2, 0) is 9.59 Å². The molecule has 0 saturated carbocycles. The second-order valence-corrected chi connectivity index (χ2v) is 6.69. The van der Waals surface area contributed by atoms with Gasteiger partial charge in [-0.2, -0.15) is 0 Å². The third-order valence-corrected chi connectivity index (χ3v) is 4.08. The van der Waals surface area contributed by atoms with Crippen LogP contribution in [0.25, 0.3) is 0 Å². The Kier molecular flexibility index (Phi) is 7.14. The Balaban J connectivity index is 1.71. The molecule has 0 saturated heterocycles. The maximum absolute atomic E-state index is 12.1. The van der Waals surface area contributed by atoms with Crippen LogP contribution in [0, 0.1) is 27.7 Å². The number of hydrazine groups is 1. The summed E-state index contributed by atoms with van der Waals surface area (Å²) in [6.45, 7) is 7.23. The predicted molar refractivity (Wildman–Crippen MR) is 106 cm³/mol. The van der Waals surface area contributed by atoms with Crippen molar-refractivity contribution in [2.24, 2.45) is 0 Å². The van der Waals surface area contributed by atoms with Gasteiger partial charge < -0.3 is 10.1 Å². The van der Waals surface area contributed by atoms with Crippen molar-refractivity contribution in [3.8, 4) is 5.75 Å². The summed E-state index contributed by atoms with van der Waals surface area (Å²) in [6, 6.07) is 11.0. The minimum Gasteiger partial charge on any atom is -0.484 e. The standard InChI is InChI=1S/C21H25N3O4/c1-13-7-14(2)9-17(8-13)21(27)22-11-19(25)23-24-20(26)12-28-18-6-5-15(3)16(4)10-18/h5-10H,11-12H2,1-4H3,(H,22,27)(H,23,25)(H,24,26). The minimum atomic E-state index is -0.544. The molecule has 148 valence electrons. The summed E-state index contributed by atoms with van der Waals surface area (Å²) in [5, 5.41) is 2.51. The van der Waals surface area contributed by atoms with Crippen LogP contribution in [0.1, 0.15) is 32.6 Å². The molecule has 0 spiro atoms. The van der Waals surface area contributed by atoms with Crippen LogP contribution in [0.4, 0.5) is 0 Å². The van der Waals surface area contributed by atoms with Crippen LogP contribution >= 0.6 is 0 Å². The number of carbonyl (C=O) groups is 3. The van der Waals surface area contributed by atoms with Gasteiger partial charge in [-0.1, -0.05) is 23.3 Å². The van der Waals surface area contributed by atoms with Crippen LogP contribution < -0.4 is 20.9 Å². The van der Waals surface area contributed by atoms with E-state index >= 15 is 0 Å². The van der Waals surface area contributed by atoms with Crippen molar-refractivity contribution in [3.63, 3.8) is 0 Å². The molecule has 7 heteroatoms. The third kappa shape index (κ3) is 6.42. The Labute approximate surface area is 164 Å². The van der Waals surface area contributed by atoms with Crippen molar-refractivity contribution in [2.45, 2.75) is 27.7 Å². The SMILES string of the molecule is Cc1cc(C)cc(C(=O)NCC(=O)NNC(=O)COc2ccc(C)c(C)c2)c1. The third-order valence-electron chi connectivity index (χ3n) is 4.08. The number of hydrogen-bond acceptors (Lipinski definition) is 4. The van der Waals surface area contributed by atoms with E-state index < -0.39 is 11.8 Å². The van der Waals surface area contributed by atoms with E-state index in [1.807, 2.05) is 45.9 Å². The number of benzene rings is 2. The van der Waals surface area contributed by atoms with E-state index in [2.05, 4.69) is 16.2 Å². The Hall–Kier alpha value is -3.35. The maximum atomic E-state index is 12.1.